The van der Waals surface area contributed by atoms with Crippen LogP contribution in [-0.2, 0) is 35.2 Å². The first kappa shape index (κ1) is 32.4. The SMILES string of the molecule is CSCC[C@H](NC(=O)[C@H](CCC(=O)O)NC(=O)[C@H](CCC(=O)O)NC(=O)[C@@H](N)Cc1ccccc1)C(=O)O. The zero-order chi connectivity index (χ0) is 28.7. The molecular weight excluding hydrogens is 520 g/mol. The first-order valence-electron chi connectivity index (χ1n) is 11.8. The van der Waals surface area contributed by atoms with E-state index in [4.69, 9.17) is 15.9 Å². The Balaban J connectivity index is 3.01. The van der Waals surface area contributed by atoms with Gasteiger partial charge in [-0.05, 0) is 43.3 Å². The highest BCUT2D eigenvalue weighted by Gasteiger charge is 2.31. The molecule has 1 aromatic carbocycles. The zero-order valence-corrected chi connectivity index (χ0v) is 21.7. The summed E-state index contributed by atoms with van der Waals surface area (Å²) in [4.78, 5) is 72.2. The summed E-state index contributed by atoms with van der Waals surface area (Å²) in [5.74, 6) is -5.94. The molecule has 0 spiro atoms. The number of carboxylic acids is 3. The van der Waals surface area contributed by atoms with E-state index in [1.807, 2.05) is 0 Å². The molecule has 0 aliphatic rings. The van der Waals surface area contributed by atoms with Crippen molar-refractivity contribution in [3.8, 4) is 0 Å². The predicted molar refractivity (Wildman–Crippen MR) is 138 cm³/mol. The number of thioether (sulfide) groups is 1. The van der Waals surface area contributed by atoms with Crippen LogP contribution in [0.4, 0.5) is 0 Å². The molecule has 38 heavy (non-hydrogen) atoms. The highest BCUT2D eigenvalue weighted by Crippen LogP contribution is 2.07. The average molecular weight is 555 g/mol. The predicted octanol–water partition coefficient (Wildman–Crippen LogP) is -0.422. The Hall–Kier alpha value is -3.65. The van der Waals surface area contributed by atoms with E-state index in [0.29, 0.717) is 5.75 Å². The van der Waals surface area contributed by atoms with Gasteiger partial charge in [-0.1, -0.05) is 30.3 Å². The van der Waals surface area contributed by atoms with Crippen LogP contribution in [0.1, 0.15) is 37.7 Å². The molecule has 0 bridgehead atoms. The summed E-state index contributed by atoms with van der Waals surface area (Å²) in [5, 5.41) is 34.5. The van der Waals surface area contributed by atoms with E-state index in [9.17, 15) is 33.9 Å². The van der Waals surface area contributed by atoms with Gasteiger partial charge < -0.3 is 37.0 Å². The molecule has 13 nitrogen and oxygen atoms in total. The van der Waals surface area contributed by atoms with E-state index in [1.165, 1.54) is 11.8 Å². The fourth-order valence-electron chi connectivity index (χ4n) is 3.35. The monoisotopic (exact) mass is 554 g/mol. The molecule has 0 fully saturated rings. The lowest BCUT2D eigenvalue weighted by molar-refractivity contribution is -0.143. The van der Waals surface area contributed by atoms with Gasteiger partial charge in [0, 0.05) is 12.8 Å². The maximum absolute atomic E-state index is 13.0. The fourth-order valence-corrected chi connectivity index (χ4v) is 3.82. The topological polar surface area (TPSA) is 225 Å². The third-order valence-corrected chi connectivity index (χ3v) is 6.06. The quantitative estimate of drug-likeness (QED) is 0.123. The van der Waals surface area contributed by atoms with Gasteiger partial charge in [0.05, 0.1) is 6.04 Å². The summed E-state index contributed by atoms with van der Waals surface area (Å²) in [6.45, 7) is 0. The number of carbonyl (C=O) groups is 6. The van der Waals surface area contributed by atoms with E-state index in [0.717, 1.165) is 5.56 Å². The molecule has 1 aromatic rings. The number of amides is 3. The first-order valence-corrected chi connectivity index (χ1v) is 13.2. The summed E-state index contributed by atoms with van der Waals surface area (Å²) in [6.07, 6.45) is 0.296. The van der Waals surface area contributed by atoms with Crippen LogP contribution in [0.2, 0.25) is 0 Å². The summed E-state index contributed by atoms with van der Waals surface area (Å²) in [5.41, 5.74) is 6.73. The molecule has 1 rings (SSSR count). The Morgan fingerprint density at radius 3 is 1.68 bits per heavy atom. The minimum atomic E-state index is -1.45. The van der Waals surface area contributed by atoms with Gasteiger partial charge in [0.25, 0.3) is 0 Å². The molecule has 0 aromatic heterocycles. The van der Waals surface area contributed by atoms with Crippen LogP contribution in [0.5, 0.6) is 0 Å². The van der Waals surface area contributed by atoms with Gasteiger partial charge in [-0.15, -0.1) is 0 Å². The second-order valence-electron chi connectivity index (χ2n) is 8.46. The molecule has 0 aliphatic heterocycles. The molecule has 3 amide bonds. The number of rotatable bonds is 18. The molecule has 0 unspecified atom stereocenters. The fraction of sp³-hybridized carbons (Fsp3) is 0.500. The van der Waals surface area contributed by atoms with Crippen LogP contribution in [0, 0.1) is 0 Å². The van der Waals surface area contributed by atoms with Gasteiger partial charge in [0.2, 0.25) is 17.7 Å². The smallest absolute Gasteiger partial charge is 0.326 e. The molecule has 210 valence electrons. The van der Waals surface area contributed by atoms with Crippen LogP contribution in [-0.4, -0.2) is 87.1 Å². The zero-order valence-electron chi connectivity index (χ0n) is 20.9. The molecule has 4 atom stereocenters. The van der Waals surface area contributed by atoms with E-state index in [2.05, 4.69) is 16.0 Å². The van der Waals surface area contributed by atoms with E-state index < -0.39 is 72.6 Å². The Morgan fingerprint density at radius 2 is 1.24 bits per heavy atom. The lowest BCUT2D eigenvalue weighted by Gasteiger charge is -2.25. The van der Waals surface area contributed by atoms with Crippen molar-refractivity contribution < 1.29 is 44.1 Å². The van der Waals surface area contributed by atoms with Crippen molar-refractivity contribution in [2.45, 2.75) is 62.7 Å². The molecule has 0 aliphatic carbocycles. The van der Waals surface area contributed by atoms with E-state index >= 15 is 0 Å². The van der Waals surface area contributed by atoms with Crippen molar-refractivity contribution in [1.82, 2.24) is 16.0 Å². The van der Waals surface area contributed by atoms with Crippen LogP contribution in [0.15, 0.2) is 30.3 Å². The van der Waals surface area contributed by atoms with Crippen molar-refractivity contribution in [2.75, 3.05) is 12.0 Å². The number of benzene rings is 1. The average Bonchev–Trinajstić information content (AvgIpc) is 2.86. The first-order chi connectivity index (χ1) is 17.9. The summed E-state index contributed by atoms with van der Waals surface area (Å²) in [6, 6.07) is 3.68. The lowest BCUT2D eigenvalue weighted by atomic mass is 10.0. The van der Waals surface area contributed by atoms with Crippen LogP contribution < -0.4 is 21.7 Å². The highest BCUT2D eigenvalue weighted by molar-refractivity contribution is 7.98. The molecular formula is C24H34N4O9S. The van der Waals surface area contributed by atoms with Gasteiger partial charge in [0.1, 0.15) is 18.1 Å². The second kappa shape index (κ2) is 17.0. The van der Waals surface area contributed by atoms with Crippen molar-refractivity contribution in [3.63, 3.8) is 0 Å². The molecule has 0 saturated heterocycles. The Kier molecular flexibility index (Phi) is 14.5. The second-order valence-corrected chi connectivity index (χ2v) is 9.45. The van der Waals surface area contributed by atoms with E-state index in [-0.39, 0.29) is 25.7 Å². The number of carboxylic acid groups (broad SMARTS) is 3. The third kappa shape index (κ3) is 12.5. The van der Waals surface area contributed by atoms with Crippen molar-refractivity contribution in [3.05, 3.63) is 35.9 Å². The van der Waals surface area contributed by atoms with Crippen LogP contribution >= 0.6 is 11.8 Å². The third-order valence-electron chi connectivity index (χ3n) is 5.42. The maximum Gasteiger partial charge on any atom is 0.326 e. The molecule has 0 radical (unpaired) electrons. The minimum Gasteiger partial charge on any atom is -0.481 e. The van der Waals surface area contributed by atoms with Crippen molar-refractivity contribution >= 4 is 47.4 Å². The van der Waals surface area contributed by atoms with E-state index in [1.54, 1.807) is 36.6 Å². The Morgan fingerprint density at radius 1 is 0.763 bits per heavy atom. The standard InChI is InChI=1S/C24H34N4O9S/c1-38-12-11-18(24(36)37)28-23(35)17(8-10-20(31)32)27-22(34)16(7-9-19(29)30)26-21(33)15(25)13-14-5-3-2-4-6-14/h2-6,15-18H,7-13,25H2,1H3,(H,26,33)(H,27,34)(H,28,35)(H,29,30)(H,31,32)(H,36,37)/t15-,16-,17-,18-/m0/s1. The van der Waals surface area contributed by atoms with Gasteiger partial charge in [-0.25, -0.2) is 4.79 Å². The molecule has 0 saturated carbocycles. The molecule has 0 heterocycles. The van der Waals surface area contributed by atoms with Crippen LogP contribution in [0.3, 0.4) is 0 Å². The number of carbonyl (C=O) groups excluding carboxylic acids is 3. The van der Waals surface area contributed by atoms with Gasteiger partial charge >= 0.3 is 17.9 Å². The lowest BCUT2D eigenvalue weighted by Crippen LogP contribution is -2.57. The normalized spacial score (nSPS) is 13.8. The molecule has 8 N–H and O–H groups in total. The highest BCUT2D eigenvalue weighted by atomic mass is 32.2. The Labute approximate surface area is 223 Å². The number of aliphatic carboxylic acids is 3. The Bertz CT molecular complexity index is 977. The molecule has 14 heteroatoms. The number of hydrogen-bond donors (Lipinski definition) is 7. The van der Waals surface area contributed by atoms with Crippen LogP contribution in [0.25, 0.3) is 0 Å². The van der Waals surface area contributed by atoms with Gasteiger partial charge in [-0.3, -0.25) is 24.0 Å². The maximum atomic E-state index is 13.0. The van der Waals surface area contributed by atoms with Gasteiger partial charge in [0.15, 0.2) is 0 Å². The summed E-state index contributed by atoms with van der Waals surface area (Å²) < 4.78 is 0. The largest absolute Gasteiger partial charge is 0.481 e. The summed E-state index contributed by atoms with van der Waals surface area (Å²) in [7, 11) is 0. The van der Waals surface area contributed by atoms with Crippen molar-refractivity contribution in [2.24, 2.45) is 5.73 Å². The number of hydrogen-bond acceptors (Lipinski definition) is 8. The number of nitrogens with two attached hydrogens (primary N) is 1. The summed E-state index contributed by atoms with van der Waals surface area (Å²) >= 11 is 1.37. The van der Waals surface area contributed by atoms with Gasteiger partial charge in [-0.2, -0.15) is 11.8 Å². The van der Waals surface area contributed by atoms with Crippen molar-refractivity contribution in [1.29, 1.82) is 0 Å². The number of nitrogens with one attached hydrogen (secondary N) is 3. The minimum absolute atomic E-state index is 0.0957.